The van der Waals surface area contributed by atoms with Crippen molar-refractivity contribution < 1.29 is 14.0 Å². The molecule has 3 aromatic rings. The van der Waals surface area contributed by atoms with E-state index in [1.807, 2.05) is 36.1 Å². The van der Waals surface area contributed by atoms with Crippen LogP contribution in [0.25, 0.3) is 0 Å². The third-order valence-corrected chi connectivity index (χ3v) is 9.30. The highest BCUT2D eigenvalue weighted by Crippen LogP contribution is 2.57. The molecule has 5 nitrogen and oxygen atoms in total. The highest BCUT2D eigenvalue weighted by Gasteiger charge is 2.63. The van der Waals surface area contributed by atoms with Crippen LogP contribution in [-0.2, 0) is 20.9 Å². The molecule has 190 valence electrons. The molecule has 0 radical (unpaired) electrons. The van der Waals surface area contributed by atoms with Gasteiger partial charge in [-0.25, -0.2) is 4.39 Å². The van der Waals surface area contributed by atoms with E-state index in [-0.39, 0.29) is 17.6 Å². The van der Waals surface area contributed by atoms with Crippen LogP contribution in [0.4, 0.5) is 15.8 Å². The minimum absolute atomic E-state index is 0.105. The first kappa shape index (κ1) is 24.2. The average molecular weight is 516 g/mol. The first-order valence-electron chi connectivity index (χ1n) is 12.9. The van der Waals surface area contributed by atoms with Crippen molar-refractivity contribution in [3.8, 4) is 0 Å². The molecule has 2 saturated heterocycles. The van der Waals surface area contributed by atoms with Gasteiger partial charge in [0.15, 0.2) is 0 Å². The van der Waals surface area contributed by atoms with Crippen molar-refractivity contribution in [3.63, 3.8) is 0 Å². The van der Waals surface area contributed by atoms with Crippen molar-refractivity contribution in [2.45, 2.75) is 36.3 Å². The van der Waals surface area contributed by atoms with E-state index in [0.29, 0.717) is 18.3 Å². The van der Waals surface area contributed by atoms with Crippen LogP contribution in [0.1, 0.15) is 30.9 Å². The van der Waals surface area contributed by atoms with Crippen LogP contribution in [0.2, 0.25) is 0 Å². The molecule has 7 heteroatoms. The summed E-state index contributed by atoms with van der Waals surface area (Å²) in [6.45, 7) is 4.20. The van der Waals surface area contributed by atoms with Crippen molar-refractivity contribution in [2.24, 2.45) is 5.92 Å². The predicted molar refractivity (Wildman–Crippen MR) is 146 cm³/mol. The summed E-state index contributed by atoms with van der Waals surface area (Å²) in [5, 5.41) is -0.393. The molecule has 0 bridgehead atoms. The van der Waals surface area contributed by atoms with Crippen LogP contribution >= 0.6 is 11.8 Å². The molecule has 6 rings (SSSR count). The quantitative estimate of drug-likeness (QED) is 0.456. The number of fused-ring (bicyclic) bond motifs is 2. The molecule has 37 heavy (non-hydrogen) atoms. The predicted octanol–water partition coefficient (Wildman–Crippen LogP) is 5.41. The fraction of sp³-hybridized carbons (Fsp3) is 0.333. The Labute approximate surface area is 221 Å². The maximum Gasteiger partial charge on any atom is 0.269 e. The van der Waals surface area contributed by atoms with Gasteiger partial charge in [-0.3, -0.25) is 24.3 Å². The third kappa shape index (κ3) is 4.14. The first-order chi connectivity index (χ1) is 18.0. The summed E-state index contributed by atoms with van der Waals surface area (Å²) in [5.74, 6) is 0.0282. The lowest BCUT2D eigenvalue weighted by atomic mass is 9.90. The molecular formula is C30H30FN3O2S. The van der Waals surface area contributed by atoms with E-state index < -0.39 is 10.1 Å². The Morgan fingerprint density at radius 3 is 2.32 bits per heavy atom. The molecule has 0 N–H and O–H groups in total. The summed E-state index contributed by atoms with van der Waals surface area (Å²) < 4.78 is 13.7. The SMILES string of the molecule is C[C@H]1S[C@]2(C(=O)N(CN3CCC(Cc4ccccc4)CC3)c3ccccc32)N(c2ccc(F)cc2)C1=O. The third-order valence-electron chi connectivity index (χ3n) is 7.83. The molecular weight excluding hydrogens is 485 g/mol. The van der Waals surface area contributed by atoms with Gasteiger partial charge in [0.25, 0.3) is 5.91 Å². The van der Waals surface area contributed by atoms with Crippen LogP contribution < -0.4 is 9.80 Å². The van der Waals surface area contributed by atoms with Crippen LogP contribution in [0, 0.1) is 11.7 Å². The van der Waals surface area contributed by atoms with E-state index in [4.69, 9.17) is 0 Å². The fourth-order valence-electron chi connectivity index (χ4n) is 5.95. The van der Waals surface area contributed by atoms with Gasteiger partial charge in [-0.2, -0.15) is 0 Å². The van der Waals surface area contributed by atoms with E-state index in [9.17, 15) is 14.0 Å². The molecule has 0 unspecified atom stereocenters. The molecule has 2 amide bonds. The van der Waals surface area contributed by atoms with Gasteiger partial charge < -0.3 is 0 Å². The number of rotatable bonds is 5. The molecule has 3 heterocycles. The zero-order valence-corrected chi connectivity index (χ0v) is 21.7. The summed E-state index contributed by atoms with van der Waals surface area (Å²) in [5.41, 5.74) is 3.59. The fourth-order valence-corrected chi connectivity index (χ4v) is 7.48. The summed E-state index contributed by atoms with van der Waals surface area (Å²) in [4.78, 5) is 32.3. The maximum absolute atomic E-state index is 14.3. The van der Waals surface area contributed by atoms with Gasteiger partial charge in [-0.15, -0.1) is 11.8 Å². The zero-order chi connectivity index (χ0) is 25.6. The second-order valence-corrected chi connectivity index (χ2v) is 11.7. The molecule has 3 aliphatic rings. The van der Waals surface area contributed by atoms with Crippen molar-refractivity contribution in [3.05, 3.63) is 95.8 Å². The zero-order valence-electron chi connectivity index (χ0n) is 20.8. The number of anilines is 2. The number of para-hydroxylation sites is 1. The topological polar surface area (TPSA) is 43.9 Å². The van der Waals surface area contributed by atoms with E-state index in [0.717, 1.165) is 43.6 Å². The van der Waals surface area contributed by atoms with E-state index in [1.54, 1.807) is 17.0 Å². The van der Waals surface area contributed by atoms with Gasteiger partial charge in [-0.1, -0.05) is 48.5 Å². The van der Waals surface area contributed by atoms with Crippen LogP contribution in [0.3, 0.4) is 0 Å². The Kier molecular flexibility index (Phi) is 6.29. The van der Waals surface area contributed by atoms with Crippen molar-refractivity contribution in [2.75, 3.05) is 29.6 Å². The van der Waals surface area contributed by atoms with Crippen LogP contribution in [0.5, 0.6) is 0 Å². The number of carbonyl (C=O) groups excluding carboxylic acids is 2. The van der Waals surface area contributed by atoms with Crippen molar-refractivity contribution in [1.82, 2.24) is 4.90 Å². The Morgan fingerprint density at radius 1 is 0.919 bits per heavy atom. The van der Waals surface area contributed by atoms with Gasteiger partial charge >= 0.3 is 0 Å². The number of amides is 2. The van der Waals surface area contributed by atoms with Crippen molar-refractivity contribution in [1.29, 1.82) is 0 Å². The monoisotopic (exact) mass is 515 g/mol. The molecule has 0 aromatic heterocycles. The highest BCUT2D eigenvalue weighted by atomic mass is 32.2. The lowest BCUT2D eigenvalue weighted by Gasteiger charge is -2.36. The minimum atomic E-state index is -1.18. The van der Waals surface area contributed by atoms with Gasteiger partial charge in [0, 0.05) is 24.3 Å². The van der Waals surface area contributed by atoms with E-state index in [2.05, 4.69) is 35.2 Å². The molecule has 0 saturated carbocycles. The largest absolute Gasteiger partial charge is 0.295 e. The van der Waals surface area contributed by atoms with E-state index >= 15 is 0 Å². The normalized spacial score (nSPS) is 24.3. The summed E-state index contributed by atoms with van der Waals surface area (Å²) >= 11 is 1.38. The number of likely N-dealkylation sites (tertiary alicyclic amines) is 1. The summed E-state index contributed by atoms with van der Waals surface area (Å²) in [6, 6.07) is 24.3. The molecule has 0 aliphatic carbocycles. The first-order valence-corrected chi connectivity index (χ1v) is 13.8. The lowest BCUT2D eigenvalue weighted by Crippen LogP contribution is -2.52. The minimum Gasteiger partial charge on any atom is -0.295 e. The van der Waals surface area contributed by atoms with Gasteiger partial charge in [0.05, 0.1) is 17.6 Å². The van der Waals surface area contributed by atoms with Crippen LogP contribution in [-0.4, -0.2) is 41.7 Å². The Morgan fingerprint density at radius 2 is 1.59 bits per heavy atom. The van der Waals surface area contributed by atoms with Crippen LogP contribution in [0.15, 0.2) is 78.9 Å². The number of thioether (sulfide) groups is 1. The van der Waals surface area contributed by atoms with Gasteiger partial charge in [0.2, 0.25) is 10.8 Å². The summed E-state index contributed by atoms with van der Waals surface area (Å²) in [7, 11) is 0. The second kappa shape index (κ2) is 9.62. The number of piperidine rings is 1. The number of nitrogens with zero attached hydrogens (tertiary/aromatic N) is 3. The Balaban J connectivity index is 1.26. The number of benzene rings is 3. The Hall–Kier alpha value is -3.16. The standard InChI is InChI=1S/C30H30FN3O2S/c1-21-28(35)34(25-13-11-24(31)12-14-25)30(37-21)26-9-5-6-10-27(26)33(29(30)36)20-32-17-15-23(16-18-32)19-22-7-3-2-4-8-22/h2-14,21,23H,15-20H2,1H3/t21-,30-/m1/s1. The number of halogens is 1. The number of hydrogen-bond acceptors (Lipinski definition) is 4. The Bertz CT molecular complexity index is 1310. The number of hydrogen-bond donors (Lipinski definition) is 0. The maximum atomic E-state index is 14.3. The van der Waals surface area contributed by atoms with Gasteiger partial charge in [-0.05, 0) is 68.0 Å². The number of carbonyl (C=O) groups is 2. The lowest BCUT2D eigenvalue weighted by molar-refractivity contribution is -0.124. The molecule has 2 atom stereocenters. The summed E-state index contributed by atoms with van der Waals surface area (Å²) in [6.07, 6.45) is 3.28. The highest BCUT2D eigenvalue weighted by molar-refractivity contribution is 8.03. The molecule has 2 fully saturated rings. The van der Waals surface area contributed by atoms with E-state index in [1.165, 1.54) is 29.5 Å². The molecule has 3 aliphatic heterocycles. The second-order valence-electron chi connectivity index (χ2n) is 10.2. The average Bonchev–Trinajstić information content (AvgIpc) is 3.32. The smallest absolute Gasteiger partial charge is 0.269 e. The van der Waals surface area contributed by atoms with Gasteiger partial charge in [0.1, 0.15) is 5.82 Å². The molecule has 1 spiro atoms. The van der Waals surface area contributed by atoms with Crippen molar-refractivity contribution >= 4 is 35.0 Å². The molecule has 3 aromatic carbocycles.